The van der Waals surface area contributed by atoms with Gasteiger partial charge in [-0.05, 0) is 6.42 Å². The van der Waals surface area contributed by atoms with E-state index in [4.69, 9.17) is 4.55 Å². The summed E-state index contributed by atoms with van der Waals surface area (Å²) in [7, 11) is -3.99. The predicted molar refractivity (Wildman–Crippen MR) is 45.2 cm³/mol. The van der Waals surface area contributed by atoms with Gasteiger partial charge >= 0.3 is 10.3 Å². The molecule has 1 fully saturated rings. The smallest absolute Gasteiger partial charge is 0.314 e. The summed E-state index contributed by atoms with van der Waals surface area (Å²) in [6.45, 7) is 3.49. The molecule has 1 saturated heterocycles. The van der Waals surface area contributed by atoms with Crippen LogP contribution < -0.4 is 5.32 Å². The molecule has 72 valence electrons. The van der Waals surface area contributed by atoms with Crippen LogP contribution in [0.15, 0.2) is 0 Å². The first kappa shape index (κ1) is 9.91. The second-order valence-corrected chi connectivity index (χ2v) is 4.22. The number of piperazine rings is 1. The zero-order valence-electron chi connectivity index (χ0n) is 7.02. The fraction of sp³-hybridized carbons (Fsp3) is 1.00. The minimum atomic E-state index is -3.99. The highest BCUT2D eigenvalue weighted by molar-refractivity contribution is 7.83. The van der Waals surface area contributed by atoms with E-state index in [1.165, 1.54) is 0 Å². The van der Waals surface area contributed by atoms with Gasteiger partial charge in [0.05, 0.1) is 0 Å². The van der Waals surface area contributed by atoms with Crippen LogP contribution >= 0.6 is 0 Å². The van der Waals surface area contributed by atoms with E-state index in [-0.39, 0.29) is 6.04 Å². The highest BCUT2D eigenvalue weighted by Gasteiger charge is 2.29. The lowest BCUT2D eigenvalue weighted by Gasteiger charge is -2.32. The third-order valence-corrected chi connectivity index (χ3v) is 3.14. The molecular weight excluding hydrogens is 180 g/mol. The van der Waals surface area contributed by atoms with Crippen molar-refractivity contribution in [2.24, 2.45) is 0 Å². The van der Waals surface area contributed by atoms with Gasteiger partial charge in [-0.1, -0.05) is 6.92 Å². The van der Waals surface area contributed by atoms with Crippen molar-refractivity contribution in [3.05, 3.63) is 0 Å². The average molecular weight is 194 g/mol. The van der Waals surface area contributed by atoms with Gasteiger partial charge in [0.15, 0.2) is 0 Å². The van der Waals surface area contributed by atoms with Crippen LogP contribution in [0.25, 0.3) is 0 Å². The van der Waals surface area contributed by atoms with Crippen molar-refractivity contribution >= 4 is 10.3 Å². The predicted octanol–water partition coefficient (Wildman–Crippen LogP) is -0.527. The lowest BCUT2D eigenvalue weighted by molar-refractivity contribution is 0.238. The molecule has 1 rings (SSSR count). The van der Waals surface area contributed by atoms with Crippen LogP contribution in [-0.4, -0.2) is 43.0 Å². The molecule has 12 heavy (non-hydrogen) atoms. The van der Waals surface area contributed by atoms with Crippen LogP contribution in [0.5, 0.6) is 0 Å². The maximum atomic E-state index is 10.8. The normalized spacial score (nSPS) is 27.3. The maximum Gasteiger partial charge on any atom is 0.336 e. The molecule has 0 aromatic carbocycles. The highest BCUT2D eigenvalue weighted by Crippen LogP contribution is 2.10. The van der Waals surface area contributed by atoms with Gasteiger partial charge in [0, 0.05) is 25.7 Å². The Bertz CT molecular complexity index is 239. The van der Waals surface area contributed by atoms with E-state index >= 15 is 0 Å². The second-order valence-electron chi connectivity index (χ2n) is 2.85. The zero-order chi connectivity index (χ0) is 9.19. The van der Waals surface area contributed by atoms with E-state index < -0.39 is 10.3 Å². The Morgan fingerprint density at radius 3 is 2.75 bits per heavy atom. The molecule has 0 aliphatic carbocycles. The number of nitrogens with zero attached hydrogens (tertiary/aromatic N) is 1. The molecule has 5 nitrogen and oxygen atoms in total. The second kappa shape index (κ2) is 3.69. The van der Waals surface area contributed by atoms with Crippen molar-refractivity contribution in [1.82, 2.24) is 9.62 Å². The molecule has 1 unspecified atom stereocenters. The van der Waals surface area contributed by atoms with Crippen molar-refractivity contribution in [2.45, 2.75) is 19.4 Å². The minimum absolute atomic E-state index is 0.103. The number of hydrogen-bond donors (Lipinski definition) is 2. The first-order chi connectivity index (χ1) is 5.55. The monoisotopic (exact) mass is 194 g/mol. The Morgan fingerprint density at radius 2 is 2.33 bits per heavy atom. The molecular formula is C6H14N2O3S. The molecule has 1 atom stereocenters. The highest BCUT2D eigenvalue weighted by atomic mass is 32.2. The summed E-state index contributed by atoms with van der Waals surface area (Å²) in [5, 5.41) is 3.07. The molecule has 2 N–H and O–H groups in total. The third-order valence-electron chi connectivity index (χ3n) is 2.06. The van der Waals surface area contributed by atoms with Gasteiger partial charge < -0.3 is 5.32 Å². The Morgan fingerprint density at radius 1 is 1.67 bits per heavy atom. The lowest BCUT2D eigenvalue weighted by atomic mass is 10.2. The quantitative estimate of drug-likeness (QED) is 0.580. The Labute approximate surface area is 72.6 Å². The summed E-state index contributed by atoms with van der Waals surface area (Å²) < 4.78 is 31.6. The molecule has 1 aliphatic rings. The van der Waals surface area contributed by atoms with Gasteiger partial charge in [0.1, 0.15) is 0 Å². The SMILES string of the molecule is CCC1CNCCN1S(=O)(=O)O. The van der Waals surface area contributed by atoms with Gasteiger partial charge in [0.2, 0.25) is 0 Å². The fourth-order valence-corrected chi connectivity index (χ4v) is 2.32. The van der Waals surface area contributed by atoms with Crippen LogP contribution in [0.3, 0.4) is 0 Å². The van der Waals surface area contributed by atoms with Crippen LogP contribution in [-0.2, 0) is 10.3 Å². The molecule has 1 heterocycles. The largest absolute Gasteiger partial charge is 0.336 e. The van der Waals surface area contributed by atoms with Crippen LogP contribution in [0.1, 0.15) is 13.3 Å². The summed E-state index contributed by atoms with van der Waals surface area (Å²) in [4.78, 5) is 0. The van der Waals surface area contributed by atoms with Gasteiger partial charge in [-0.25, -0.2) is 0 Å². The number of nitrogens with one attached hydrogen (secondary N) is 1. The molecule has 0 saturated carbocycles. The van der Waals surface area contributed by atoms with E-state index in [9.17, 15) is 8.42 Å². The molecule has 0 amide bonds. The van der Waals surface area contributed by atoms with Crippen molar-refractivity contribution < 1.29 is 13.0 Å². The fourth-order valence-electron chi connectivity index (χ4n) is 1.39. The first-order valence-electron chi connectivity index (χ1n) is 4.00. The van der Waals surface area contributed by atoms with Gasteiger partial charge in [-0.2, -0.15) is 12.7 Å². The third kappa shape index (κ3) is 2.16. The van der Waals surface area contributed by atoms with Gasteiger partial charge in [-0.15, -0.1) is 0 Å². The van der Waals surface area contributed by atoms with Crippen LogP contribution in [0, 0.1) is 0 Å². The number of rotatable bonds is 2. The van der Waals surface area contributed by atoms with Crippen LogP contribution in [0.2, 0.25) is 0 Å². The van der Waals surface area contributed by atoms with E-state index in [1.807, 2.05) is 6.92 Å². The van der Waals surface area contributed by atoms with Crippen molar-refractivity contribution in [1.29, 1.82) is 0 Å². The molecule has 1 aliphatic heterocycles. The Balaban J connectivity index is 2.72. The average Bonchev–Trinajstić information content (AvgIpc) is 2.03. The summed E-state index contributed by atoms with van der Waals surface area (Å²) in [6.07, 6.45) is 0.715. The van der Waals surface area contributed by atoms with Crippen LogP contribution in [0.4, 0.5) is 0 Å². The summed E-state index contributed by atoms with van der Waals surface area (Å²) in [6, 6.07) is -0.103. The maximum absolute atomic E-state index is 10.8. The Kier molecular flexibility index (Phi) is 3.05. The summed E-state index contributed by atoms with van der Waals surface area (Å²) in [5.41, 5.74) is 0. The molecule has 0 bridgehead atoms. The van der Waals surface area contributed by atoms with E-state index in [0.29, 0.717) is 26.1 Å². The first-order valence-corrected chi connectivity index (χ1v) is 5.40. The van der Waals surface area contributed by atoms with Gasteiger partial charge in [-0.3, -0.25) is 4.55 Å². The molecule has 0 aromatic rings. The topological polar surface area (TPSA) is 69.6 Å². The van der Waals surface area contributed by atoms with E-state index in [1.54, 1.807) is 0 Å². The Hall–Kier alpha value is -0.170. The minimum Gasteiger partial charge on any atom is -0.314 e. The molecule has 0 spiro atoms. The van der Waals surface area contributed by atoms with Gasteiger partial charge in [0.25, 0.3) is 0 Å². The zero-order valence-corrected chi connectivity index (χ0v) is 7.84. The lowest BCUT2D eigenvalue weighted by Crippen LogP contribution is -2.53. The summed E-state index contributed by atoms with van der Waals surface area (Å²) >= 11 is 0. The molecule has 0 aromatic heterocycles. The number of hydrogen-bond acceptors (Lipinski definition) is 3. The van der Waals surface area contributed by atoms with Crippen molar-refractivity contribution in [3.63, 3.8) is 0 Å². The molecule has 6 heteroatoms. The standard InChI is InChI=1S/C6H14N2O3S/c1-2-6-5-7-3-4-8(6)12(9,10)11/h6-7H,2-5H2,1H3,(H,9,10,11). The molecule has 0 radical (unpaired) electrons. The van der Waals surface area contributed by atoms with Crippen molar-refractivity contribution in [3.8, 4) is 0 Å². The van der Waals surface area contributed by atoms with E-state index in [0.717, 1.165) is 4.31 Å². The van der Waals surface area contributed by atoms with Crippen molar-refractivity contribution in [2.75, 3.05) is 19.6 Å². The van der Waals surface area contributed by atoms with E-state index in [2.05, 4.69) is 5.32 Å². The summed E-state index contributed by atoms with van der Waals surface area (Å²) in [5.74, 6) is 0.